The molecule has 3 aromatic rings. The van der Waals surface area contributed by atoms with Gasteiger partial charge in [-0.15, -0.1) is 0 Å². The van der Waals surface area contributed by atoms with Crippen molar-refractivity contribution < 1.29 is 18.7 Å². The van der Waals surface area contributed by atoms with Crippen molar-refractivity contribution in [2.45, 2.75) is 19.5 Å². The lowest BCUT2D eigenvalue weighted by Crippen LogP contribution is -2.31. The Kier molecular flexibility index (Phi) is 6.38. The van der Waals surface area contributed by atoms with Crippen molar-refractivity contribution in [1.29, 1.82) is 0 Å². The second kappa shape index (κ2) is 8.95. The van der Waals surface area contributed by atoms with E-state index in [0.29, 0.717) is 22.4 Å². The average molecular weight is 422 g/mol. The van der Waals surface area contributed by atoms with E-state index in [9.17, 15) is 9.59 Å². The van der Waals surface area contributed by atoms with Crippen molar-refractivity contribution in [3.05, 3.63) is 75.9 Å². The molecule has 2 heterocycles. The number of carbonyl (C=O) groups is 2. The van der Waals surface area contributed by atoms with E-state index in [1.807, 2.05) is 0 Å². The predicted octanol–water partition coefficient (Wildman–Crippen LogP) is 3.87. The molecule has 0 fully saturated rings. The van der Waals surface area contributed by atoms with E-state index in [1.165, 1.54) is 6.07 Å². The van der Waals surface area contributed by atoms with E-state index < -0.39 is 18.5 Å². The van der Waals surface area contributed by atoms with Gasteiger partial charge >= 0.3 is 5.97 Å². The summed E-state index contributed by atoms with van der Waals surface area (Å²) >= 11 is 11.9. The number of furan rings is 1. The minimum absolute atomic E-state index is 0.0208. The molecule has 0 saturated heterocycles. The summed E-state index contributed by atoms with van der Waals surface area (Å²) in [5, 5.41) is 7.62. The summed E-state index contributed by atoms with van der Waals surface area (Å²) in [7, 11) is 0. The van der Waals surface area contributed by atoms with Crippen LogP contribution >= 0.6 is 23.2 Å². The highest BCUT2D eigenvalue weighted by atomic mass is 35.5. The predicted molar refractivity (Wildman–Crippen MR) is 103 cm³/mol. The average Bonchev–Trinajstić information content (AvgIpc) is 3.34. The fourth-order valence-electron chi connectivity index (χ4n) is 2.48. The highest BCUT2D eigenvalue weighted by molar-refractivity contribution is 6.42. The van der Waals surface area contributed by atoms with Gasteiger partial charge in [-0.25, -0.2) is 4.79 Å². The molecule has 28 heavy (non-hydrogen) atoms. The summed E-state index contributed by atoms with van der Waals surface area (Å²) in [6.45, 7) is 1.75. The molecule has 0 aliphatic heterocycles. The van der Waals surface area contributed by atoms with Crippen LogP contribution in [0.3, 0.4) is 0 Å². The van der Waals surface area contributed by atoms with Gasteiger partial charge < -0.3 is 14.5 Å². The van der Waals surface area contributed by atoms with E-state index in [-0.39, 0.29) is 11.8 Å². The number of nitrogens with zero attached hydrogens (tertiary/aromatic N) is 2. The molecule has 1 amide bonds. The van der Waals surface area contributed by atoms with E-state index >= 15 is 0 Å². The summed E-state index contributed by atoms with van der Waals surface area (Å²) in [6.07, 6.45) is 3.43. The van der Waals surface area contributed by atoms with E-state index in [2.05, 4.69) is 10.4 Å². The van der Waals surface area contributed by atoms with Crippen LogP contribution in [0, 0.1) is 0 Å². The van der Waals surface area contributed by atoms with Gasteiger partial charge in [0.25, 0.3) is 5.91 Å². The number of hydrogen-bond acceptors (Lipinski definition) is 5. The number of amides is 1. The lowest BCUT2D eigenvalue weighted by Gasteiger charge is -2.15. The van der Waals surface area contributed by atoms with Crippen LogP contribution in [0.25, 0.3) is 0 Å². The fraction of sp³-hybridized carbons (Fsp3) is 0.211. The Bertz CT molecular complexity index is 969. The van der Waals surface area contributed by atoms with Crippen molar-refractivity contribution in [3.8, 4) is 0 Å². The number of esters is 1. The maximum absolute atomic E-state index is 12.1. The van der Waals surface area contributed by atoms with E-state index in [0.717, 1.165) is 5.56 Å². The molecule has 146 valence electrons. The molecule has 0 saturated carbocycles. The molecule has 2 aromatic heterocycles. The molecule has 0 radical (unpaired) electrons. The molecule has 0 aliphatic carbocycles. The zero-order chi connectivity index (χ0) is 20.1. The first-order chi connectivity index (χ1) is 13.4. The number of aromatic nitrogens is 2. The Morgan fingerprint density at radius 1 is 1.25 bits per heavy atom. The second-order valence-electron chi connectivity index (χ2n) is 6.01. The highest BCUT2D eigenvalue weighted by Crippen LogP contribution is 2.25. The van der Waals surface area contributed by atoms with E-state index in [1.54, 1.807) is 54.3 Å². The van der Waals surface area contributed by atoms with E-state index in [4.69, 9.17) is 32.4 Å². The third kappa shape index (κ3) is 5.15. The first-order valence-electron chi connectivity index (χ1n) is 8.40. The van der Waals surface area contributed by atoms with Crippen LogP contribution in [0.4, 0.5) is 0 Å². The Labute approximate surface area is 171 Å². The zero-order valence-corrected chi connectivity index (χ0v) is 16.4. The molecule has 0 aliphatic rings. The molecule has 1 unspecified atom stereocenters. The molecular formula is C19H17Cl2N3O4. The molecule has 7 nitrogen and oxygen atoms in total. The topological polar surface area (TPSA) is 86.4 Å². The summed E-state index contributed by atoms with van der Waals surface area (Å²) in [4.78, 5) is 24.1. The molecule has 1 atom stereocenters. The molecule has 1 aromatic carbocycles. The van der Waals surface area contributed by atoms with Gasteiger partial charge in [-0.05, 0) is 42.8 Å². The quantitative estimate of drug-likeness (QED) is 0.585. The number of hydrogen-bond donors (Lipinski definition) is 1. The number of carbonyl (C=O) groups excluding carboxylic acids is 2. The first kappa shape index (κ1) is 20.0. The molecule has 9 heteroatoms. The zero-order valence-electron chi connectivity index (χ0n) is 14.9. The van der Waals surface area contributed by atoms with Crippen molar-refractivity contribution in [2.24, 2.45) is 0 Å². The fourth-order valence-corrected chi connectivity index (χ4v) is 2.78. The van der Waals surface area contributed by atoms with Crippen LogP contribution < -0.4 is 5.32 Å². The van der Waals surface area contributed by atoms with Crippen LogP contribution in [0.15, 0.2) is 53.2 Å². The van der Waals surface area contributed by atoms with Gasteiger partial charge in [0.05, 0.1) is 22.6 Å². The number of nitrogens with one attached hydrogen (secondary N) is 1. The second-order valence-corrected chi connectivity index (χ2v) is 6.82. The number of ether oxygens (including phenoxy) is 1. The van der Waals surface area contributed by atoms with Crippen molar-refractivity contribution in [1.82, 2.24) is 15.1 Å². The van der Waals surface area contributed by atoms with Gasteiger partial charge in [0.2, 0.25) is 5.76 Å². The third-order valence-corrected chi connectivity index (χ3v) is 4.63. The monoisotopic (exact) mass is 421 g/mol. The maximum Gasteiger partial charge on any atom is 0.374 e. The van der Waals surface area contributed by atoms with Gasteiger partial charge in [0.1, 0.15) is 5.76 Å². The molecular weight excluding hydrogens is 405 g/mol. The summed E-state index contributed by atoms with van der Waals surface area (Å²) < 4.78 is 12.1. The smallest absolute Gasteiger partial charge is 0.374 e. The third-order valence-electron chi connectivity index (χ3n) is 3.90. The Balaban J connectivity index is 1.49. The van der Waals surface area contributed by atoms with Gasteiger partial charge in [-0.3, -0.25) is 9.48 Å². The lowest BCUT2D eigenvalue weighted by atomic mass is 10.1. The van der Waals surface area contributed by atoms with Gasteiger partial charge in [-0.1, -0.05) is 29.3 Å². The highest BCUT2D eigenvalue weighted by Gasteiger charge is 2.16. The van der Waals surface area contributed by atoms with Crippen LogP contribution in [0.2, 0.25) is 10.0 Å². The SMILES string of the molecule is CC(NC(=O)COC(=O)c1ccc(Cn2cccn2)o1)c1ccc(Cl)c(Cl)c1. The summed E-state index contributed by atoms with van der Waals surface area (Å²) in [5.41, 5.74) is 0.781. The molecule has 1 N–H and O–H groups in total. The molecule has 3 rings (SSSR count). The van der Waals surface area contributed by atoms with Crippen LogP contribution in [-0.2, 0) is 16.1 Å². The molecule has 0 bridgehead atoms. The van der Waals surface area contributed by atoms with Gasteiger partial charge in [0.15, 0.2) is 6.61 Å². The largest absolute Gasteiger partial charge is 0.452 e. The standard InChI is InChI=1S/C19H17Cl2N3O4/c1-12(13-3-5-15(20)16(21)9-13)23-18(25)11-27-19(26)17-6-4-14(28-17)10-24-8-2-7-22-24/h2-9,12H,10-11H2,1H3,(H,23,25). The minimum Gasteiger partial charge on any atom is -0.452 e. The van der Waals surface area contributed by atoms with Crippen molar-refractivity contribution in [2.75, 3.05) is 6.61 Å². The summed E-state index contributed by atoms with van der Waals surface area (Å²) in [6, 6.07) is 9.70. The van der Waals surface area contributed by atoms with Crippen LogP contribution in [0.5, 0.6) is 0 Å². The Hall–Kier alpha value is -2.77. The number of benzene rings is 1. The number of rotatable bonds is 7. The van der Waals surface area contributed by atoms with Crippen LogP contribution in [-0.4, -0.2) is 28.3 Å². The van der Waals surface area contributed by atoms with Crippen molar-refractivity contribution in [3.63, 3.8) is 0 Å². The van der Waals surface area contributed by atoms with Gasteiger partial charge in [-0.2, -0.15) is 5.10 Å². The first-order valence-corrected chi connectivity index (χ1v) is 9.15. The summed E-state index contributed by atoms with van der Waals surface area (Å²) in [5.74, 6) is -0.597. The maximum atomic E-state index is 12.1. The van der Waals surface area contributed by atoms with Crippen LogP contribution in [0.1, 0.15) is 34.8 Å². The molecule has 0 spiro atoms. The Morgan fingerprint density at radius 3 is 2.79 bits per heavy atom. The van der Waals surface area contributed by atoms with Gasteiger partial charge in [0, 0.05) is 12.4 Å². The number of halogens is 2. The lowest BCUT2D eigenvalue weighted by molar-refractivity contribution is -0.124. The van der Waals surface area contributed by atoms with Crippen molar-refractivity contribution >= 4 is 35.1 Å². The Morgan fingerprint density at radius 2 is 2.07 bits per heavy atom. The normalized spacial score (nSPS) is 11.8. The minimum atomic E-state index is -0.718.